The third-order valence-corrected chi connectivity index (χ3v) is 3.77. The van der Waals surface area contributed by atoms with Gasteiger partial charge in [-0.3, -0.25) is 4.68 Å². The highest BCUT2D eigenvalue weighted by Crippen LogP contribution is 2.29. The Hall–Kier alpha value is -2.30. The van der Waals surface area contributed by atoms with Crippen LogP contribution in [0.15, 0.2) is 36.7 Å². The lowest BCUT2D eigenvalue weighted by Crippen LogP contribution is -2.07. The second-order valence-corrected chi connectivity index (χ2v) is 5.50. The van der Waals surface area contributed by atoms with Crippen LogP contribution in [0.1, 0.15) is 12.8 Å². The molecule has 1 N–H and O–H groups in total. The molecule has 1 fully saturated rings. The van der Waals surface area contributed by atoms with Gasteiger partial charge < -0.3 is 5.32 Å². The van der Waals surface area contributed by atoms with Gasteiger partial charge in [0.1, 0.15) is 5.82 Å². The summed E-state index contributed by atoms with van der Waals surface area (Å²) in [6, 6.07) is 8.32. The average molecular weight is 267 g/mol. The van der Waals surface area contributed by atoms with Gasteiger partial charge in [-0.05, 0) is 43.0 Å². The van der Waals surface area contributed by atoms with E-state index < -0.39 is 0 Å². The number of rotatable bonds is 4. The van der Waals surface area contributed by atoms with E-state index in [2.05, 4.69) is 33.7 Å². The molecule has 1 saturated carbocycles. The van der Waals surface area contributed by atoms with Gasteiger partial charge in [-0.1, -0.05) is 0 Å². The van der Waals surface area contributed by atoms with Crippen LogP contribution in [0.5, 0.6) is 0 Å². The fraction of sp³-hybridized carbons (Fsp3) is 0.333. The molecule has 3 aromatic heterocycles. The number of aryl methyl sites for hydroxylation is 1. The van der Waals surface area contributed by atoms with Crippen molar-refractivity contribution in [3.8, 4) is 11.3 Å². The van der Waals surface area contributed by atoms with E-state index in [0.717, 1.165) is 35.1 Å². The number of hydrogen-bond acceptors (Lipinski definition) is 3. The van der Waals surface area contributed by atoms with Crippen LogP contribution in [0, 0.1) is 5.92 Å². The number of nitrogens with zero attached hydrogens (tertiary/aromatic N) is 4. The molecule has 20 heavy (non-hydrogen) atoms. The zero-order chi connectivity index (χ0) is 13.5. The topological polar surface area (TPSA) is 47.2 Å². The summed E-state index contributed by atoms with van der Waals surface area (Å²) in [5, 5.41) is 12.3. The van der Waals surface area contributed by atoms with Crippen molar-refractivity contribution in [2.45, 2.75) is 12.8 Å². The van der Waals surface area contributed by atoms with Crippen molar-refractivity contribution in [3.05, 3.63) is 36.7 Å². The maximum atomic E-state index is 4.69. The van der Waals surface area contributed by atoms with Crippen LogP contribution >= 0.6 is 0 Å². The quantitative estimate of drug-likeness (QED) is 0.790. The summed E-state index contributed by atoms with van der Waals surface area (Å²) in [4.78, 5) is 0. The largest absolute Gasteiger partial charge is 0.368 e. The molecule has 5 heteroatoms. The standard InChI is InChI=1S/C15H17N5/c1-19-10-12(9-17-19)14-6-4-13-5-7-15(18-20(13)14)16-8-11-2-3-11/h4-7,9-11H,2-3,8H2,1H3,(H,16,18). The fourth-order valence-electron chi connectivity index (χ4n) is 2.42. The van der Waals surface area contributed by atoms with Crippen molar-refractivity contribution in [3.63, 3.8) is 0 Å². The van der Waals surface area contributed by atoms with Crippen LogP contribution in [0.2, 0.25) is 0 Å². The SMILES string of the molecule is Cn1cc(-c2ccc3ccc(NCC4CC4)nn23)cn1. The van der Waals surface area contributed by atoms with Crippen molar-refractivity contribution >= 4 is 11.3 Å². The molecular formula is C15H17N5. The van der Waals surface area contributed by atoms with E-state index in [-0.39, 0.29) is 0 Å². The summed E-state index contributed by atoms with van der Waals surface area (Å²) in [5.41, 5.74) is 3.25. The Balaban J connectivity index is 1.71. The lowest BCUT2D eigenvalue weighted by atomic mass is 10.3. The fourth-order valence-corrected chi connectivity index (χ4v) is 2.42. The molecule has 0 saturated heterocycles. The van der Waals surface area contributed by atoms with Gasteiger partial charge in [0, 0.05) is 25.4 Å². The molecule has 1 aliphatic rings. The Morgan fingerprint density at radius 1 is 1.25 bits per heavy atom. The normalized spacial score (nSPS) is 14.8. The Morgan fingerprint density at radius 3 is 2.85 bits per heavy atom. The Labute approximate surface area is 117 Å². The van der Waals surface area contributed by atoms with Gasteiger partial charge in [0.2, 0.25) is 0 Å². The predicted molar refractivity (Wildman–Crippen MR) is 78.6 cm³/mol. The Bertz CT molecular complexity index is 751. The number of anilines is 1. The summed E-state index contributed by atoms with van der Waals surface area (Å²) in [6.45, 7) is 1.03. The molecule has 0 unspecified atom stereocenters. The summed E-state index contributed by atoms with van der Waals surface area (Å²) < 4.78 is 3.79. The van der Waals surface area contributed by atoms with Crippen LogP contribution in [0.4, 0.5) is 5.82 Å². The maximum absolute atomic E-state index is 4.69. The highest BCUT2D eigenvalue weighted by Gasteiger charge is 2.20. The lowest BCUT2D eigenvalue weighted by Gasteiger charge is -2.06. The monoisotopic (exact) mass is 267 g/mol. The van der Waals surface area contributed by atoms with E-state index in [4.69, 9.17) is 0 Å². The Morgan fingerprint density at radius 2 is 2.10 bits per heavy atom. The van der Waals surface area contributed by atoms with E-state index in [1.807, 2.05) is 34.7 Å². The first-order valence-electron chi connectivity index (χ1n) is 7.01. The zero-order valence-corrected chi connectivity index (χ0v) is 11.5. The second kappa shape index (κ2) is 4.37. The number of nitrogens with one attached hydrogen (secondary N) is 1. The Kier molecular flexibility index (Phi) is 2.52. The van der Waals surface area contributed by atoms with Crippen LogP contribution in [-0.2, 0) is 7.05 Å². The third kappa shape index (κ3) is 2.05. The number of hydrogen-bond donors (Lipinski definition) is 1. The minimum atomic E-state index is 0.843. The van der Waals surface area contributed by atoms with Gasteiger partial charge in [0.25, 0.3) is 0 Å². The first kappa shape index (κ1) is 11.5. The van der Waals surface area contributed by atoms with Gasteiger partial charge in [-0.25, -0.2) is 4.52 Å². The molecule has 0 aromatic carbocycles. The average Bonchev–Trinajstić information content (AvgIpc) is 3.04. The molecular weight excluding hydrogens is 250 g/mol. The molecule has 102 valence electrons. The van der Waals surface area contributed by atoms with Crippen molar-refractivity contribution in [2.24, 2.45) is 13.0 Å². The minimum Gasteiger partial charge on any atom is -0.368 e. The lowest BCUT2D eigenvalue weighted by molar-refractivity contribution is 0.768. The maximum Gasteiger partial charge on any atom is 0.146 e. The van der Waals surface area contributed by atoms with Gasteiger partial charge in [0.15, 0.2) is 0 Å². The molecule has 0 bridgehead atoms. The van der Waals surface area contributed by atoms with Crippen molar-refractivity contribution in [1.29, 1.82) is 0 Å². The molecule has 0 spiro atoms. The molecule has 1 aliphatic carbocycles. The molecule has 0 atom stereocenters. The smallest absolute Gasteiger partial charge is 0.146 e. The van der Waals surface area contributed by atoms with Crippen molar-refractivity contribution in [1.82, 2.24) is 19.4 Å². The highest BCUT2D eigenvalue weighted by molar-refractivity contribution is 5.66. The minimum absolute atomic E-state index is 0.843. The van der Waals surface area contributed by atoms with E-state index in [1.165, 1.54) is 12.8 Å². The van der Waals surface area contributed by atoms with Gasteiger partial charge in [-0.15, -0.1) is 5.10 Å². The third-order valence-electron chi connectivity index (χ3n) is 3.77. The van der Waals surface area contributed by atoms with Gasteiger partial charge in [0.05, 0.1) is 17.4 Å². The summed E-state index contributed by atoms with van der Waals surface area (Å²) >= 11 is 0. The summed E-state index contributed by atoms with van der Waals surface area (Å²) in [6.07, 6.45) is 6.57. The van der Waals surface area contributed by atoms with Crippen LogP contribution in [-0.4, -0.2) is 25.9 Å². The molecule has 0 radical (unpaired) electrons. The van der Waals surface area contributed by atoms with E-state index in [0.29, 0.717) is 0 Å². The van der Waals surface area contributed by atoms with Crippen molar-refractivity contribution < 1.29 is 0 Å². The van der Waals surface area contributed by atoms with Crippen LogP contribution < -0.4 is 5.32 Å². The first-order chi connectivity index (χ1) is 9.79. The molecule has 0 amide bonds. The molecule has 4 rings (SSSR count). The number of aromatic nitrogens is 4. The summed E-state index contributed by atoms with van der Waals surface area (Å²) in [5.74, 6) is 1.78. The van der Waals surface area contributed by atoms with E-state index >= 15 is 0 Å². The highest BCUT2D eigenvalue weighted by atomic mass is 15.3. The summed E-state index contributed by atoms with van der Waals surface area (Å²) in [7, 11) is 1.93. The van der Waals surface area contributed by atoms with Crippen molar-refractivity contribution in [2.75, 3.05) is 11.9 Å². The van der Waals surface area contributed by atoms with Crippen LogP contribution in [0.25, 0.3) is 16.8 Å². The van der Waals surface area contributed by atoms with E-state index in [9.17, 15) is 0 Å². The molecule has 5 nitrogen and oxygen atoms in total. The van der Waals surface area contributed by atoms with Gasteiger partial charge in [-0.2, -0.15) is 5.10 Å². The molecule has 0 aliphatic heterocycles. The molecule has 3 heterocycles. The van der Waals surface area contributed by atoms with Crippen LogP contribution in [0.3, 0.4) is 0 Å². The van der Waals surface area contributed by atoms with E-state index in [1.54, 1.807) is 0 Å². The second-order valence-electron chi connectivity index (χ2n) is 5.50. The van der Waals surface area contributed by atoms with Gasteiger partial charge >= 0.3 is 0 Å². The number of fused-ring (bicyclic) bond motifs is 1. The first-order valence-corrected chi connectivity index (χ1v) is 7.01. The predicted octanol–water partition coefficient (Wildman–Crippen LogP) is 2.56. The zero-order valence-electron chi connectivity index (χ0n) is 11.5. The molecule has 3 aromatic rings.